The van der Waals surface area contributed by atoms with Gasteiger partial charge in [-0.25, -0.2) is 0 Å². The van der Waals surface area contributed by atoms with E-state index in [-0.39, 0.29) is 5.54 Å². The van der Waals surface area contributed by atoms with E-state index >= 15 is 0 Å². The molecular weight excluding hydrogens is 236 g/mol. The minimum atomic E-state index is 0.225. The number of ether oxygens (including phenoxy) is 1. The van der Waals surface area contributed by atoms with Gasteiger partial charge < -0.3 is 10.1 Å². The molecule has 0 amide bonds. The molecule has 0 aromatic carbocycles. The molecule has 2 saturated heterocycles. The lowest BCUT2D eigenvalue weighted by molar-refractivity contribution is -0.0576. The molecule has 112 valence electrons. The molecule has 3 nitrogen and oxygen atoms in total. The first kappa shape index (κ1) is 15.3. The van der Waals surface area contributed by atoms with E-state index < -0.39 is 0 Å². The zero-order valence-electron chi connectivity index (χ0n) is 13.3. The highest BCUT2D eigenvalue weighted by molar-refractivity contribution is 5.01. The Morgan fingerprint density at radius 3 is 2.53 bits per heavy atom. The first-order valence-electron chi connectivity index (χ1n) is 8.13. The highest BCUT2D eigenvalue weighted by Gasteiger charge is 2.42. The molecule has 1 N–H and O–H groups in total. The van der Waals surface area contributed by atoms with E-state index in [2.05, 4.69) is 37.9 Å². The Morgan fingerprint density at radius 2 is 1.95 bits per heavy atom. The summed E-state index contributed by atoms with van der Waals surface area (Å²) in [5.41, 5.74) is 0.554. The molecule has 2 aliphatic heterocycles. The van der Waals surface area contributed by atoms with Gasteiger partial charge in [0.2, 0.25) is 0 Å². The van der Waals surface area contributed by atoms with E-state index in [0.717, 1.165) is 26.2 Å². The van der Waals surface area contributed by atoms with Crippen LogP contribution in [0.15, 0.2) is 0 Å². The predicted molar refractivity (Wildman–Crippen MR) is 80.6 cm³/mol. The van der Waals surface area contributed by atoms with E-state index in [1.807, 2.05) is 0 Å². The smallest absolute Gasteiger partial charge is 0.0702 e. The molecule has 0 saturated carbocycles. The van der Waals surface area contributed by atoms with Crippen molar-refractivity contribution in [1.82, 2.24) is 10.2 Å². The lowest BCUT2D eigenvalue weighted by Crippen LogP contribution is -2.69. The summed E-state index contributed by atoms with van der Waals surface area (Å²) in [6.07, 6.45) is 6.73. The van der Waals surface area contributed by atoms with Crippen molar-refractivity contribution in [3.63, 3.8) is 0 Å². The first-order valence-corrected chi connectivity index (χ1v) is 8.13. The number of piperazine rings is 1. The van der Waals surface area contributed by atoms with Crippen LogP contribution in [-0.2, 0) is 4.74 Å². The first-order chi connectivity index (χ1) is 9.01. The summed E-state index contributed by atoms with van der Waals surface area (Å²) in [5, 5.41) is 3.74. The Balaban J connectivity index is 2.06. The van der Waals surface area contributed by atoms with E-state index in [0.29, 0.717) is 11.6 Å². The molecule has 0 aromatic heterocycles. The summed E-state index contributed by atoms with van der Waals surface area (Å²) in [6.45, 7) is 13.6. The molecule has 3 heteroatoms. The summed E-state index contributed by atoms with van der Waals surface area (Å²) >= 11 is 0. The molecule has 0 spiro atoms. The molecule has 2 heterocycles. The molecule has 0 radical (unpaired) electrons. The maximum atomic E-state index is 5.97. The monoisotopic (exact) mass is 268 g/mol. The average Bonchev–Trinajstić information content (AvgIpc) is 2.40. The normalized spacial score (nSPS) is 31.3. The van der Waals surface area contributed by atoms with Crippen LogP contribution in [0.2, 0.25) is 0 Å². The van der Waals surface area contributed by atoms with Crippen molar-refractivity contribution >= 4 is 0 Å². The van der Waals surface area contributed by atoms with Crippen LogP contribution >= 0.6 is 0 Å². The Morgan fingerprint density at radius 1 is 1.21 bits per heavy atom. The van der Waals surface area contributed by atoms with Gasteiger partial charge in [0, 0.05) is 37.3 Å². The summed E-state index contributed by atoms with van der Waals surface area (Å²) < 4.78 is 5.97. The third kappa shape index (κ3) is 3.50. The summed E-state index contributed by atoms with van der Waals surface area (Å²) in [4.78, 5) is 2.72. The van der Waals surface area contributed by atoms with Crippen molar-refractivity contribution in [3.8, 4) is 0 Å². The second kappa shape index (κ2) is 6.11. The fourth-order valence-electron chi connectivity index (χ4n) is 3.62. The highest BCUT2D eigenvalue weighted by Crippen LogP contribution is 2.31. The van der Waals surface area contributed by atoms with E-state index in [1.54, 1.807) is 0 Å². The van der Waals surface area contributed by atoms with Crippen LogP contribution in [-0.4, -0.2) is 48.3 Å². The fourth-order valence-corrected chi connectivity index (χ4v) is 3.62. The SMILES string of the molecule is CCC1(CC)CNC(C)(C)CN1CC1CCCCO1. The topological polar surface area (TPSA) is 24.5 Å². The molecule has 0 bridgehead atoms. The van der Waals surface area contributed by atoms with Gasteiger partial charge in [-0.05, 0) is 46.0 Å². The molecule has 1 atom stereocenters. The van der Waals surface area contributed by atoms with Gasteiger partial charge in [0.1, 0.15) is 0 Å². The Hall–Kier alpha value is -0.120. The summed E-state index contributed by atoms with van der Waals surface area (Å²) in [6, 6.07) is 0. The summed E-state index contributed by atoms with van der Waals surface area (Å²) in [5.74, 6) is 0. The third-order valence-electron chi connectivity index (χ3n) is 5.17. The van der Waals surface area contributed by atoms with Gasteiger partial charge in [0.15, 0.2) is 0 Å². The lowest BCUT2D eigenvalue weighted by Gasteiger charge is -2.53. The Labute approximate surface area is 119 Å². The minimum Gasteiger partial charge on any atom is -0.377 e. The van der Waals surface area contributed by atoms with Gasteiger partial charge in [-0.2, -0.15) is 0 Å². The van der Waals surface area contributed by atoms with E-state index in [9.17, 15) is 0 Å². The highest BCUT2D eigenvalue weighted by atomic mass is 16.5. The van der Waals surface area contributed by atoms with Gasteiger partial charge in [-0.3, -0.25) is 4.90 Å². The second-order valence-corrected chi connectivity index (χ2v) is 7.04. The maximum Gasteiger partial charge on any atom is 0.0702 e. The molecular formula is C16H32N2O. The molecule has 2 rings (SSSR count). The molecule has 1 unspecified atom stereocenters. The van der Waals surface area contributed by atoms with Crippen molar-refractivity contribution < 1.29 is 4.74 Å². The van der Waals surface area contributed by atoms with Crippen molar-refractivity contribution in [1.29, 1.82) is 0 Å². The predicted octanol–water partition coefficient (Wildman–Crippen LogP) is 2.80. The largest absolute Gasteiger partial charge is 0.377 e. The maximum absolute atomic E-state index is 5.97. The van der Waals surface area contributed by atoms with Gasteiger partial charge in [0.25, 0.3) is 0 Å². The zero-order chi connectivity index (χ0) is 13.9. The van der Waals surface area contributed by atoms with Gasteiger partial charge in [-0.15, -0.1) is 0 Å². The van der Waals surface area contributed by atoms with Crippen LogP contribution in [0.3, 0.4) is 0 Å². The quantitative estimate of drug-likeness (QED) is 0.848. The second-order valence-electron chi connectivity index (χ2n) is 7.04. The van der Waals surface area contributed by atoms with Crippen LogP contribution in [0, 0.1) is 0 Å². The van der Waals surface area contributed by atoms with Gasteiger partial charge in [0.05, 0.1) is 6.10 Å². The number of nitrogens with zero attached hydrogens (tertiary/aromatic N) is 1. The number of nitrogens with one attached hydrogen (secondary N) is 1. The van der Waals surface area contributed by atoms with Crippen molar-refractivity contribution in [2.75, 3.05) is 26.2 Å². The number of hydrogen-bond acceptors (Lipinski definition) is 3. The van der Waals surface area contributed by atoms with Crippen molar-refractivity contribution in [2.45, 2.75) is 77.0 Å². The van der Waals surface area contributed by atoms with E-state index in [4.69, 9.17) is 4.74 Å². The van der Waals surface area contributed by atoms with Crippen LogP contribution in [0.25, 0.3) is 0 Å². The van der Waals surface area contributed by atoms with E-state index in [1.165, 1.54) is 32.1 Å². The molecule has 0 aromatic rings. The van der Waals surface area contributed by atoms with Crippen molar-refractivity contribution in [3.05, 3.63) is 0 Å². The molecule has 0 aliphatic carbocycles. The molecule has 19 heavy (non-hydrogen) atoms. The fraction of sp³-hybridized carbons (Fsp3) is 1.00. The van der Waals surface area contributed by atoms with Crippen LogP contribution in [0.1, 0.15) is 59.8 Å². The minimum absolute atomic E-state index is 0.225. The molecule has 2 aliphatic rings. The third-order valence-corrected chi connectivity index (χ3v) is 5.17. The standard InChI is InChI=1S/C16H32N2O/c1-5-16(6-2)12-17-15(3,4)13-18(16)11-14-9-7-8-10-19-14/h14,17H,5-13H2,1-4H3. The van der Waals surface area contributed by atoms with Crippen molar-refractivity contribution in [2.24, 2.45) is 0 Å². The van der Waals surface area contributed by atoms with Crippen LogP contribution < -0.4 is 5.32 Å². The molecule has 2 fully saturated rings. The lowest BCUT2D eigenvalue weighted by atomic mass is 9.83. The van der Waals surface area contributed by atoms with Gasteiger partial charge in [-0.1, -0.05) is 13.8 Å². The summed E-state index contributed by atoms with van der Waals surface area (Å²) in [7, 11) is 0. The Bertz CT molecular complexity index is 280. The van der Waals surface area contributed by atoms with Crippen LogP contribution in [0.5, 0.6) is 0 Å². The Kier molecular flexibility index (Phi) is 4.91. The number of rotatable bonds is 4. The average molecular weight is 268 g/mol. The zero-order valence-corrected chi connectivity index (χ0v) is 13.3. The van der Waals surface area contributed by atoms with Gasteiger partial charge >= 0.3 is 0 Å². The van der Waals surface area contributed by atoms with Crippen LogP contribution in [0.4, 0.5) is 0 Å². The number of hydrogen-bond donors (Lipinski definition) is 1.